The molecular weight excluding hydrogens is 386 g/mol. The normalized spacial score (nSPS) is 20.0. The SMILES string of the molecule is C[C@H](C(=O)Nc1ccc2c(c1)OCO2)N1CCC[C@@H](c2nc3ccccc3s2)C1. The highest BCUT2D eigenvalue weighted by atomic mass is 32.1. The smallest absolute Gasteiger partial charge is 0.241 e. The maximum Gasteiger partial charge on any atom is 0.241 e. The van der Waals surface area contributed by atoms with E-state index in [0.29, 0.717) is 17.4 Å². The number of anilines is 1. The molecule has 0 saturated carbocycles. The van der Waals surface area contributed by atoms with Crippen molar-refractivity contribution < 1.29 is 14.3 Å². The lowest BCUT2D eigenvalue weighted by molar-refractivity contribution is -0.121. The van der Waals surface area contributed by atoms with Crippen LogP contribution in [0.1, 0.15) is 30.7 Å². The Bertz CT molecular complexity index is 1020. The number of para-hydroxylation sites is 1. The maximum atomic E-state index is 12.9. The second kappa shape index (κ2) is 7.65. The molecular formula is C22H23N3O3S. The monoisotopic (exact) mass is 409 g/mol. The van der Waals surface area contributed by atoms with Crippen LogP contribution in [0.15, 0.2) is 42.5 Å². The molecule has 1 N–H and O–H groups in total. The van der Waals surface area contributed by atoms with Gasteiger partial charge in [0.2, 0.25) is 12.7 Å². The lowest BCUT2D eigenvalue weighted by Gasteiger charge is -2.35. The summed E-state index contributed by atoms with van der Waals surface area (Å²) in [5.74, 6) is 1.76. The molecule has 0 aliphatic carbocycles. The number of likely N-dealkylation sites (tertiary alicyclic amines) is 1. The standard InChI is InChI=1S/C22H23N3O3S/c1-14(21(26)23-16-8-9-18-19(11-16)28-13-27-18)25-10-4-5-15(12-25)22-24-17-6-2-3-7-20(17)29-22/h2-3,6-9,11,14-15H,4-5,10,12-13H2,1H3,(H,23,26)/t14-,15-/m1/s1. The first-order valence-corrected chi connectivity index (χ1v) is 10.8. The average molecular weight is 410 g/mol. The van der Waals surface area contributed by atoms with E-state index in [0.717, 1.165) is 37.1 Å². The zero-order valence-corrected chi connectivity index (χ0v) is 17.1. The highest BCUT2D eigenvalue weighted by Crippen LogP contribution is 2.35. The highest BCUT2D eigenvalue weighted by Gasteiger charge is 2.30. The molecule has 3 aromatic rings. The van der Waals surface area contributed by atoms with Gasteiger partial charge in [0.25, 0.3) is 0 Å². The second-order valence-corrected chi connectivity index (χ2v) is 8.65. The van der Waals surface area contributed by atoms with Crippen molar-refractivity contribution in [3.63, 3.8) is 0 Å². The third-order valence-corrected chi connectivity index (χ3v) is 6.88. The Morgan fingerprint density at radius 3 is 3.00 bits per heavy atom. The van der Waals surface area contributed by atoms with Gasteiger partial charge < -0.3 is 14.8 Å². The van der Waals surface area contributed by atoms with E-state index in [1.807, 2.05) is 31.2 Å². The number of nitrogens with one attached hydrogen (secondary N) is 1. The number of rotatable bonds is 4. The van der Waals surface area contributed by atoms with Crippen molar-refractivity contribution in [3.05, 3.63) is 47.5 Å². The van der Waals surface area contributed by atoms with E-state index < -0.39 is 0 Å². The number of thiazole rings is 1. The summed E-state index contributed by atoms with van der Waals surface area (Å²) in [7, 11) is 0. The molecule has 0 radical (unpaired) electrons. The number of hydrogen-bond donors (Lipinski definition) is 1. The third kappa shape index (κ3) is 3.68. The van der Waals surface area contributed by atoms with Gasteiger partial charge >= 0.3 is 0 Å². The first-order valence-electron chi connectivity index (χ1n) is 9.97. The minimum Gasteiger partial charge on any atom is -0.454 e. The van der Waals surface area contributed by atoms with Crippen molar-refractivity contribution in [2.75, 3.05) is 25.2 Å². The number of carbonyl (C=O) groups is 1. The van der Waals surface area contributed by atoms with E-state index >= 15 is 0 Å². The van der Waals surface area contributed by atoms with Crippen LogP contribution in [0.4, 0.5) is 5.69 Å². The van der Waals surface area contributed by atoms with Gasteiger partial charge in [-0.05, 0) is 50.6 Å². The first kappa shape index (κ1) is 18.4. The van der Waals surface area contributed by atoms with Crippen molar-refractivity contribution in [2.45, 2.75) is 31.7 Å². The van der Waals surface area contributed by atoms with Gasteiger partial charge in [-0.3, -0.25) is 9.69 Å². The van der Waals surface area contributed by atoms with Crippen LogP contribution in [-0.2, 0) is 4.79 Å². The largest absolute Gasteiger partial charge is 0.454 e. The minimum atomic E-state index is -0.211. The molecule has 2 aliphatic heterocycles. The van der Waals surface area contributed by atoms with Crippen molar-refractivity contribution in [2.24, 2.45) is 0 Å². The predicted octanol–water partition coefficient (Wildman–Crippen LogP) is 4.23. The number of carbonyl (C=O) groups excluding carboxylic acids is 1. The lowest BCUT2D eigenvalue weighted by Crippen LogP contribution is -2.46. The fourth-order valence-corrected chi connectivity index (χ4v) is 5.10. The highest BCUT2D eigenvalue weighted by molar-refractivity contribution is 7.18. The molecule has 6 nitrogen and oxygen atoms in total. The number of amides is 1. The van der Waals surface area contributed by atoms with Gasteiger partial charge in [0.05, 0.1) is 21.3 Å². The Morgan fingerprint density at radius 2 is 2.10 bits per heavy atom. The van der Waals surface area contributed by atoms with Crippen molar-refractivity contribution in [1.29, 1.82) is 0 Å². The van der Waals surface area contributed by atoms with Crippen LogP contribution in [0.5, 0.6) is 11.5 Å². The van der Waals surface area contributed by atoms with Crippen molar-refractivity contribution in [1.82, 2.24) is 9.88 Å². The van der Waals surface area contributed by atoms with Gasteiger partial charge in [-0.15, -0.1) is 11.3 Å². The minimum absolute atomic E-state index is 0.00573. The molecule has 1 fully saturated rings. The topological polar surface area (TPSA) is 63.7 Å². The number of nitrogens with zero attached hydrogens (tertiary/aromatic N) is 2. The van der Waals surface area contributed by atoms with Gasteiger partial charge in [-0.1, -0.05) is 12.1 Å². The second-order valence-electron chi connectivity index (χ2n) is 7.59. The summed E-state index contributed by atoms with van der Waals surface area (Å²) < 4.78 is 12.0. The lowest BCUT2D eigenvalue weighted by atomic mass is 9.97. The van der Waals surface area contributed by atoms with Crippen molar-refractivity contribution >= 4 is 33.1 Å². The summed E-state index contributed by atoms with van der Waals surface area (Å²) in [5, 5.41) is 4.20. The summed E-state index contributed by atoms with van der Waals surface area (Å²) >= 11 is 1.78. The summed E-state index contributed by atoms with van der Waals surface area (Å²) in [6.07, 6.45) is 2.19. The van der Waals surface area contributed by atoms with Crippen LogP contribution in [0.25, 0.3) is 10.2 Å². The van der Waals surface area contributed by atoms with Crippen LogP contribution in [0, 0.1) is 0 Å². The molecule has 7 heteroatoms. The Hall–Kier alpha value is -2.64. The molecule has 2 aliphatic rings. The van der Waals surface area contributed by atoms with E-state index in [-0.39, 0.29) is 18.7 Å². The molecule has 3 heterocycles. The number of hydrogen-bond acceptors (Lipinski definition) is 6. The van der Waals surface area contributed by atoms with E-state index in [1.165, 1.54) is 9.71 Å². The Labute approximate surface area is 173 Å². The van der Waals surface area contributed by atoms with Crippen molar-refractivity contribution in [3.8, 4) is 11.5 Å². The van der Waals surface area contributed by atoms with Crippen LogP contribution >= 0.6 is 11.3 Å². The number of piperidine rings is 1. The Balaban J connectivity index is 1.26. The molecule has 2 aromatic carbocycles. The van der Waals surface area contributed by atoms with Gasteiger partial charge in [0, 0.05) is 24.2 Å². The third-order valence-electron chi connectivity index (χ3n) is 5.68. The predicted molar refractivity (Wildman–Crippen MR) is 114 cm³/mol. The molecule has 150 valence electrons. The van der Waals surface area contributed by atoms with Crippen LogP contribution in [-0.4, -0.2) is 41.7 Å². The molecule has 1 aromatic heterocycles. The van der Waals surface area contributed by atoms with E-state index in [4.69, 9.17) is 14.5 Å². The van der Waals surface area contributed by atoms with E-state index in [1.54, 1.807) is 11.3 Å². The van der Waals surface area contributed by atoms with Crippen LogP contribution < -0.4 is 14.8 Å². The molecule has 0 unspecified atom stereocenters. The molecule has 29 heavy (non-hydrogen) atoms. The number of aromatic nitrogens is 1. The Kier molecular flexibility index (Phi) is 4.85. The Morgan fingerprint density at radius 1 is 1.24 bits per heavy atom. The molecule has 5 rings (SSSR count). The van der Waals surface area contributed by atoms with Gasteiger partial charge in [-0.25, -0.2) is 4.98 Å². The summed E-state index contributed by atoms with van der Waals surface area (Å²) in [4.78, 5) is 20.0. The number of fused-ring (bicyclic) bond motifs is 2. The first-order chi connectivity index (χ1) is 14.2. The van der Waals surface area contributed by atoms with E-state index in [2.05, 4.69) is 28.4 Å². The summed E-state index contributed by atoms with van der Waals surface area (Å²) in [6, 6.07) is 13.5. The van der Waals surface area contributed by atoms with Gasteiger partial charge in [-0.2, -0.15) is 0 Å². The fourth-order valence-electron chi connectivity index (χ4n) is 4.01. The quantitative estimate of drug-likeness (QED) is 0.699. The van der Waals surface area contributed by atoms with Crippen LogP contribution in [0.3, 0.4) is 0 Å². The molecule has 1 amide bonds. The van der Waals surface area contributed by atoms with Gasteiger partial charge in [0.15, 0.2) is 11.5 Å². The maximum absolute atomic E-state index is 12.9. The molecule has 2 atom stereocenters. The van der Waals surface area contributed by atoms with Gasteiger partial charge in [0.1, 0.15) is 0 Å². The zero-order chi connectivity index (χ0) is 19.8. The number of benzene rings is 2. The molecule has 1 saturated heterocycles. The average Bonchev–Trinajstić information content (AvgIpc) is 3.39. The molecule has 0 spiro atoms. The number of ether oxygens (including phenoxy) is 2. The zero-order valence-electron chi connectivity index (χ0n) is 16.3. The van der Waals surface area contributed by atoms with E-state index in [9.17, 15) is 4.79 Å². The molecule has 0 bridgehead atoms. The summed E-state index contributed by atoms with van der Waals surface area (Å²) in [6.45, 7) is 3.99. The summed E-state index contributed by atoms with van der Waals surface area (Å²) in [5.41, 5.74) is 1.80. The fraction of sp³-hybridized carbons (Fsp3) is 0.364. The van der Waals surface area contributed by atoms with Crippen LogP contribution in [0.2, 0.25) is 0 Å².